The molecule has 26 heavy (non-hydrogen) atoms. The molecule has 1 fully saturated rings. The third-order valence-electron chi connectivity index (χ3n) is 4.35. The van der Waals surface area contributed by atoms with Crippen molar-refractivity contribution in [2.45, 2.75) is 18.9 Å². The summed E-state index contributed by atoms with van der Waals surface area (Å²) in [6.07, 6.45) is 2.25. The normalized spacial score (nSPS) is 17.0. The molecule has 0 spiro atoms. The van der Waals surface area contributed by atoms with E-state index in [2.05, 4.69) is 26.0 Å². The summed E-state index contributed by atoms with van der Waals surface area (Å²) in [6, 6.07) is 12.2. The van der Waals surface area contributed by atoms with Gasteiger partial charge in [-0.1, -0.05) is 6.07 Å². The number of pyridine rings is 1. The molecule has 4 rings (SSSR count). The van der Waals surface area contributed by atoms with E-state index < -0.39 is 5.82 Å². The highest BCUT2D eigenvalue weighted by atomic mass is 19.1. The summed E-state index contributed by atoms with van der Waals surface area (Å²) < 4.78 is 15.5. The van der Waals surface area contributed by atoms with Crippen LogP contribution in [0.5, 0.6) is 0 Å². The first kappa shape index (κ1) is 16.3. The van der Waals surface area contributed by atoms with E-state index in [1.807, 2.05) is 18.2 Å². The fraction of sp³-hybridized carbons (Fsp3) is 0.278. The van der Waals surface area contributed by atoms with Gasteiger partial charge in [0.15, 0.2) is 5.65 Å². The number of hydrogen-bond acceptors (Lipinski definition) is 6. The molecule has 0 radical (unpaired) electrons. The molecule has 0 amide bonds. The number of aromatic nitrogens is 3. The number of benzene rings is 1. The Morgan fingerprint density at radius 3 is 3.00 bits per heavy atom. The number of fused-ring (bicyclic) bond motifs is 1. The second-order valence-electron chi connectivity index (χ2n) is 6.24. The van der Waals surface area contributed by atoms with Crippen LogP contribution in [0.3, 0.4) is 0 Å². The molecule has 0 saturated carbocycles. The van der Waals surface area contributed by atoms with Crippen molar-refractivity contribution >= 4 is 23.1 Å². The van der Waals surface area contributed by atoms with Crippen LogP contribution in [0.15, 0.2) is 36.4 Å². The van der Waals surface area contributed by atoms with Crippen LogP contribution in [0.2, 0.25) is 0 Å². The SMILES string of the molecule is N#Cc1ccc(Nc2nc3cccc(NC4CCCNC4)n3n2)cc1F. The minimum absolute atomic E-state index is 0.00564. The van der Waals surface area contributed by atoms with Gasteiger partial charge in [-0.3, -0.25) is 0 Å². The van der Waals surface area contributed by atoms with Gasteiger partial charge in [-0.25, -0.2) is 4.39 Å². The van der Waals surface area contributed by atoms with Crippen LogP contribution in [-0.4, -0.2) is 33.7 Å². The second kappa shape index (κ2) is 6.98. The lowest BCUT2D eigenvalue weighted by molar-refractivity contribution is 0.478. The lowest BCUT2D eigenvalue weighted by Crippen LogP contribution is -2.38. The predicted octanol–water partition coefficient (Wildman–Crippen LogP) is 2.65. The van der Waals surface area contributed by atoms with Crippen molar-refractivity contribution in [1.82, 2.24) is 19.9 Å². The van der Waals surface area contributed by atoms with Crippen molar-refractivity contribution in [3.05, 3.63) is 47.8 Å². The van der Waals surface area contributed by atoms with Gasteiger partial charge in [0, 0.05) is 18.3 Å². The van der Waals surface area contributed by atoms with E-state index in [4.69, 9.17) is 5.26 Å². The molecule has 1 unspecified atom stereocenters. The molecule has 132 valence electrons. The van der Waals surface area contributed by atoms with E-state index in [9.17, 15) is 4.39 Å². The Balaban J connectivity index is 1.58. The van der Waals surface area contributed by atoms with E-state index in [1.54, 1.807) is 16.7 Å². The summed E-state index contributed by atoms with van der Waals surface area (Å²) in [6.45, 7) is 1.97. The molecular formula is C18H18FN7. The highest BCUT2D eigenvalue weighted by Gasteiger charge is 2.15. The highest BCUT2D eigenvalue weighted by molar-refractivity contribution is 5.59. The largest absolute Gasteiger partial charge is 0.366 e. The number of nitriles is 1. The number of rotatable bonds is 4. The predicted molar refractivity (Wildman–Crippen MR) is 96.9 cm³/mol. The van der Waals surface area contributed by atoms with E-state index in [0.29, 0.717) is 23.3 Å². The van der Waals surface area contributed by atoms with Crippen molar-refractivity contribution in [3.8, 4) is 6.07 Å². The van der Waals surface area contributed by atoms with Crippen LogP contribution in [0, 0.1) is 17.1 Å². The molecule has 3 aromatic rings. The van der Waals surface area contributed by atoms with Gasteiger partial charge >= 0.3 is 0 Å². The van der Waals surface area contributed by atoms with Gasteiger partial charge in [0.1, 0.15) is 17.7 Å². The number of nitrogens with one attached hydrogen (secondary N) is 3. The van der Waals surface area contributed by atoms with Crippen LogP contribution >= 0.6 is 0 Å². The van der Waals surface area contributed by atoms with Crippen LogP contribution in [0.25, 0.3) is 5.65 Å². The first-order valence-electron chi connectivity index (χ1n) is 8.52. The number of piperidine rings is 1. The van der Waals surface area contributed by atoms with Gasteiger partial charge < -0.3 is 16.0 Å². The van der Waals surface area contributed by atoms with Crippen molar-refractivity contribution in [1.29, 1.82) is 5.26 Å². The molecule has 8 heteroatoms. The zero-order valence-corrected chi connectivity index (χ0v) is 14.0. The Hall–Kier alpha value is -3.18. The van der Waals surface area contributed by atoms with Crippen molar-refractivity contribution in [2.75, 3.05) is 23.7 Å². The van der Waals surface area contributed by atoms with Crippen molar-refractivity contribution in [3.63, 3.8) is 0 Å². The molecule has 0 bridgehead atoms. The number of nitrogens with zero attached hydrogens (tertiary/aromatic N) is 4. The minimum Gasteiger partial charge on any atom is -0.366 e. The quantitative estimate of drug-likeness (QED) is 0.669. The average Bonchev–Trinajstić information content (AvgIpc) is 3.06. The first-order chi connectivity index (χ1) is 12.7. The second-order valence-corrected chi connectivity index (χ2v) is 6.24. The fourth-order valence-electron chi connectivity index (χ4n) is 3.06. The third kappa shape index (κ3) is 3.30. The molecule has 7 nitrogen and oxygen atoms in total. The van der Waals surface area contributed by atoms with E-state index >= 15 is 0 Å². The summed E-state index contributed by atoms with van der Waals surface area (Å²) in [4.78, 5) is 4.43. The van der Waals surface area contributed by atoms with Crippen LogP contribution in [0.4, 0.5) is 21.8 Å². The number of hydrogen-bond donors (Lipinski definition) is 3. The highest BCUT2D eigenvalue weighted by Crippen LogP contribution is 2.20. The van der Waals surface area contributed by atoms with Gasteiger partial charge in [0.2, 0.25) is 5.95 Å². The Morgan fingerprint density at radius 2 is 2.23 bits per heavy atom. The lowest BCUT2D eigenvalue weighted by Gasteiger charge is -2.24. The van der Waals surface area contributed by atoms with Gasteiger partial charge in [-0.15, -0.1) is 5.10 Å². The molecule has 1 aliphatic rings. The summed E-state index contributed by atoms with van der Waals surface area (Å²) >= 11 is 0. The van der Waals surface area contributed by atoms with E-state index in [1.165, 1.54) is 12.1 Å². The smallest absolute Gasteiger partial charge is 0.247 e. The molecular weight excluding hydrogens is 333 g/mol. The maximum atomic E-state index is 13.8. The standard InChI is InChI=1S/C18H18FN7/c19-15-9-13(7-6-12(15)10-20)23-18-24-17-5-1-4-16(26(17)25-18)22-14-3-2-8-21-11-14/h1,4-7,9,14,21-22H,2-3,8,11H2,(H,23,25). The molecule has 0 aliphatic carbocycles. The molecule has 2 aromatic heterocycles. The monoisotopic (exact) mass is 351 g/mol. The Kier molecular flexibility index (Phi) is 4.37. The molecule has 1 atom stereocenters. The number of anilines is 3. The Bertz CT molecular complexity index is 969. The summed E-state index contributed by atoms with van der Waals surface area (Å²) in [5.41, 5.74) is 1.19. The molecule has 3 N–H and O–H groups in total. The molecule has 1 aliphatic heterocycles. The zero-order valence-electron chi connectivity index (χ0n) is 14.0. The van der Waals surface area contributed by atoms with E-state index in [0.717, 1.165) is 31.7 Å². The van der Waals surface area contributed by atoms with Crippen molar-refractivity contribution in [2.24, 2.45) is 0 Å². The molecule has 1 aromatic carbocycles. The maximum absolute atomic E-state index is 13.8. The molecule has 3 heterocycles. The summed E-state index contributed by atoms with van der Waals surface area (Å²) in [5, 5.41) is 23.1. The molecule has 1 saturated heterocycles. The van der Waals surface area contributed by atoms with Crippen LogP contribution < -0.4 is 16.0 Å². The van der Waals surface area contributed by atoms with Gasteiger partial charge in [-0.05, 0) is 49.7 Å². The first-order valence-corrected chi connectivity index (χ1v) is 8.52. The van der Waals surface area contributed by atoms with Crippen molar-refractivity contribution < 1.29 is 4.39 Å². The van der Waals surface area contributed by atoms with Crippen LogP contribution in [-0.2, 0) is 0 Å². The fourth-order valence-corrected chi connectivity index (χ4v) is 3.06. The summed E-state index contributed by atoms with van der Waals surface area (Å²) in [5.74, 6) is 0.654. The Morgan fingerprint density at radius 1 is 1.31 bits per heavy atom. The maximum Gasteiger partial charge on any atom is 0.247 e. The Labute approximate surface area is 149 Å². The number of halogens is 1. The minimum atomic E-state index is -0.576. The summed E-state index contributed by atoms with van der Waals surface area (Å²) in [7, 11) is 0. The zero-order chi connectivity index (χ0) is 17.9. The lowest BCUT2D eigenvalue weighted by atomic mass is 10.1. The average molecular weight is 351 g/mol. The van der Waals surface area contributed by atoms with E-state index in [-0.39, 0.29) is 5.56 Å². The van der Waals surface area contributed by atoms with Gasteiger partial charge in [0.25, 0.3) is 0 Å². The van der Waals surface area contributed by atoms with Crippen LogP contribution in [0.1, 0.15) is 18.4 Å². The van der Waals surface area contributed by atoms with Gasteiger partial charge in [-0.2, -0.15) is 14.8 Å². The van der Waals surface area contributed by atoms with Gasteiger partial charge in [0.05, 0.1) is 5.56 Å². The third-order valence-corrected chi connectivity index (χ3v) is 4.35. The topological polar surface area (TPSA) is 90.1 Å².